The van der Waals surface area contributed by atoms with Crippen LogP contribution >= 0.6 is 0 Å². The minimum absolute atomic E-state index is 0.156. The van der Waals surface area contributed by atoms with Crippen LogP contribution in [0.5, 0.6) is 0 Å². The first kappa shape index (κ1) is 16.8. The number of carbonyl (C=O) groups excluding carboxylic acids is 1. The van der Waals surface area contributed by atoms with Gasteiger partial charge in [0.2, 0.25) is 0 Å². The molecule has 2 rings (SSSR count). The first-order valence-electron chi connectivity index (χ1n) is 7.43. The number of aryl methyl sites for hydroxylation is 2. The molecule has 23 heavy (non-hydrogen) atoms. The molecule has 0 bridgehead atoms. The number of amides is 2. The van der Waals surface area contributed by atoms with E-state index >= 15 is 0 Å². The van der Waals surface area contributed by atoms with E-state index in [0.29, 0.717) is 0 Å². The SMILES string of the molecule is Cc1ccc2c(c1)nc(CNC(=O)N(C)CC(C)C(=O)O)n2C. The Balaban J connectivity index is 2.01. The number of hydrogen-bond donors (Lipinski definition) is 2. The molecule has 0 saturated carbocycles. The van der Waals surface area contributed by atoms with Gasteiger partial charge in [-0.3, -0.25) is 4.79 Å². The molecule has 2 N–H and O–H groups in total. The second-order valence-electron chi connectivity index (χ2n) is 5.86. The van der Waals surface area contributed by atoms with Crippen LogP contribution < -0.4 is 5.32 Å². The summed E-state index contributed by atoms with van der Waals surface area (Å²) in [7, 11) is 3.48. The minimum Gasteiger partial charge on any atom is -0.481 e. The van der Waals surface area contributed by atoms with Crippen LogP contribution in [0.1, 0.15) is 18.3 Å². The highest BCUT2D eigenvalue weighted by atomic mass is 16.4. The summed E-state index contributed by atoms with van der Waals surface area (Å²) in [6, 6.07) is 5.71. The number of aromatic nitrogens is 2. The molecule has 0 aliphatic carbocycles. The molecule has 1 aromatic heterocycles. The van der Waals surface area contributed by atoms with Gasteiger partial charge in [-0.25, -0.2) is 9.78 Å². The van der Waals surface area contributed by atoms with Gasteiger partial charge < -0.3 is 19.9 Å². The van der Waals surface area contributed by atoms with E-state index in [2.05, 4.69) is 10.3 Å². The summed E-state index contributed by atoms with van der Waals surface area (Å²) in [6.07, 6.45) is 0. The van der Waals surface area contributed by atoms with Crippen molar-refractivity contribution in [3.8, 4) is 0 Å². The number of hydrogen-bond acceptors (Lipinski definition) is 3. The number of carbonyl (C=O) groups is 2. The highest BCUT2D eigenvalue weighted by Gasteiger charge is 2.17. The summed E-state index contributed by atoms with van der Waals surface area (Å²) in [5, 5.41) is 11.7. The summed E-state index contributed by atoms with van der Waals surface area (Å²) >= 11 is 0. The number of imidazole rings is 1. The Morgan fingerprint density at radius 3 is 2.78 bits per heavy atom. The van der Waals surface area contributed by atoms with Crippen molar-refractivity contribution in [1.82, 2.24) is 19.8 Å². The fourth-order valence-electron chi connectivity index (χ4n) is 2.38. The highest BCUT2D eigenvalue weighted by molar-refractivity contribution is 5.78. The molecule has 2 aromatic rings. The van der Waals surface area contributed by atoms with E-state index in [-0.39, 0.29) is 19.1 Å². The third-order valence-corrected chi connectivity index (χ3v) is 3.84. The topological polar surface area (TPSA) is 87.5 Å². The minimum atomic E-state index is -0.921. The zero-order chi connectivity index (χ0) is 17.1. The maximum absolute atomic E-state index is 12.0. The van der Waals surface area contributed by atoms with Crippen LogP contribution in [0.15, 0.2) is 18.2 Å². The number of aliphatic carboxylic acids is 1. The van der Waals surface area contributed by atoms with E-state index in [1.807, 2.05) is 36.7 Å². The molecule has 0 aliphatic rings. The maximum atomic E-state index is 12.0. The van der Waals surface area contributed by atoms with Gasteiger partial charge in [-0.15, -0.1) is 0 Å². The molecule has 0 spiro atoms. The quantitative estimate of drug-likeness (QED) is 0.879. The highest BCUT2D eigenvalue weighted by Crippen LogP contribution is 2.16. The van der Waals surface area contributed by atoms with Gasteiger partial charge in [0.05, 0.1) is 23.5 Å². The molecule has 1 aromatic carbocycles. The Morgan fingerprint density at radius 2 is 2.13 bits per heavy atom. The maximum Gasteiger partial charge on any atom is 0.317 e. The second kappa shape index (κ2) is 6.68. The summed E-state index contributed by atoms with van der Waals surface area (Å²) < 4.78 is 1.94. The van der Waals surface area contributed by atoms with Gasteiger partial charge in [-0.1, -0.05) is 13.0 Å². The number of urea groups is 1. The first-order chi connectivity index (χ1) is 10.8. The van der Waals surface area contributed by atoms with Crippen LogP contribution in [0.25, 0.3) is 11.0 Å². The average molecular weight is 318 g/mol. The standard InChI is InChI=1S/C16H22N4O3/c1-10-5-6-13-12(7-10)18-14(20(13)4)8-17-16(23)19(3)9-11(2)15(21)22/h5-7,11H,8-9H2,1-4H3,(H,17,23)(H,21,22). The third kappa shape index (κ3) is 3.80. The predicted molar refractivity (Wildman–Crippen MR) is 87.1 cm³/mol. The monoisotopic (exact) mass is 318 g/mol. The van der Waals surface area contributed by atoms with E-state index in [0.717, 1.165) is 22.4 Å². The predicted octanol–water partition coefficient (Wildman–Crippen LogP) is 1.74. The summed E-state index contributed by atoms with van der Waals surface area (Å²) in [6.45, 7) is 4.02. The number of carboxylic acids is 1. The van der Waals surface area contributed by atoms with Crippen LogP contribution in [0.4, 0.5) is 4.79 Å². The van der Waals surface area contributed by atoms with Crippen LogP contribution in [-0.2, 0) is 18.4 Å². The van der Waals surface area contributed by atoms with E-state index in [9.17, 15) is 9.59 Å². The molecule has 0 radical (unpaired) electrons. The molecule has 0 fully saturated rings. The smallest absolute Gasteiger partial charge is 0.317 e. The zero-order valence-electron chi connectivity index (χ0n) is 13.8. The molecule has 0 saturated heterocycles. The van der Waals surface area contributed by atoms with Crippen molar-refractivity contribution in [2.24, 2.45) is 13.0 Å². The fourth-order valence-corrected chi connectivity index (χ4v) is 2.38. The molecule has 7 heteroatoms. The number of rotatable bonds is 5. The van der Waals surface area contributed by atoms with Crippen molar-refractivity contribution in [1.29, 1.82) is 0 Å². The van der Waals surface area contributed by atoms with Gasteiger partial charge >= 0.3 is 12.0 Å². The largest absolute Gasteiger partial charge is 0.481 e. The Hall–Kier alpha value is -2.57. The van der Waals surface area contributed by atoms with E-state index in [1.54, 1.807) is 14.0 Å². The van der Waals surface area contributed by atoms with Crippen LogP contribution in [-0.4, -0.2) is 45.2 Å². The van der Waals surface area contributed by atoms with Crippen LogP contribution in [0.3, 0.4) is 0 Å². The van der Waals surface area contributed by atoms with Crippen LogP contribution in [0, 0.1) is 12.8 Å². The Kier molecular flexibility index (Phi) is 4.88. The van der Waals surface area contributed by atoms with Gasteiger partial charge in [0, 0.05) is 20.6 Å². The molecule has 1 heterocycles. The molecule has 7 nitrogen and oxygen atoms in total. The van der Waals surface area contributed by atoms with Crippen molar-refractivity contribution >= 4 is 23.0 Å². The Bertz CT molecular complexity index is 738. The Morgan fingerprint density at radius 1 is 1.43 bits per heavy atom. The molecule has 2 amide bonds. The first-order valence-corrected chi connectivity index (χ1v) is 7.43. The lowest BCUT2D eigenvalue weighted by Gasteiger charge is -2.19. The molecular weight excluding hydrogens is 296 g/mol. The molecule has 1 atom stereocenters. The van der Waals surface area contributed by atoms with Gasteiger partial charge in [0.25, 0.3) is 0 Å². The number of fused-ring (bicyclic) bond motifs is 1. The van der Waals surface area contributed by atoms with Gasteiger partial charge in [-0.05, 0) is 24.6 Å². The van der Waals surface area contributed by atoms with Crippen molar-refractivity contribution in [2.45, 2.75) is 20.4 Å². The van der Waals surface area contributed by atoms with Crippen molar-refractivity contribution in [2.75, 3.05) is 13.6 Å². The summed E-state index contributed by atoms with van der Waals surface area (Å²) in [4.78, 5) is 28.8. The number of nitrogens with one attached hydrogen (secondary N) is 1. The van der Waals surface area contributed by atoms with Gasteiger partial charge in [0.15, 0.2) is 0 Å². The van der Waals surface area contributed by atoms with Crippen molar-refractivity contribution in [3.05, 3.63) is 29.6 Å². The normalized spacial score (nSPS) is 12.2. The number of benzene rings is 1. The number of carboxylic acid groups (broad SMARTS) is 1. The lowest BCUT2D eigenvalue weighted by molar-refractivity contribution is -0.141. The lowest BCUT2D eigenvalue weighted by Crippen LogP contribution is -2.40. The molecule has 1 unspecified atom stereocenters. The van der Waals surface area contributed by atoms with Gasteiger partial charge in [-0.2, -0.15) is 0 Å². The van der Waals surface area contributed by atoms with Gasteiger partial charge in [0.1, 0.15) is 5.82 Å². The van der Waals surface area contributed by atoms with Crippen molar-refractivity contribution < 1.29 is 14.7 Å². The average Bonchev–Trinajstić information content (AvgIpc) is 2.80. The molecule has 0 aliphatic heterocycles. The fraction of sp³-hybridized carbons (Fsp3) is 0.438. The van der Waals surface area contributed by atoms with E-state index in [4.69, 9.17) is 5.11 Å². The van der Waals surface area contributed by atoms with Crippen molar-refractivity contribution in [3.63, 3.8) is 0 Å². The zero-order valence-corrected chi connectivity index (χ0v) is 13.8. The lowest BCUT2D eigenvalue weighted by atomic mass is 10.2. The van der Waals surface area contributed by atoms with E-state index in [1.165, 1.54) is 4.90 Å². The summed E-state index contributed by atoms with van der Waals surface area (Å²) in [5.41, 5.74) is 3.03. The van der Waals surface area contributed by atoms with Crippen LogP contribution in [0.2, 0.25) is 0 Å². The Labute approximate surface area is 134 Å². The second-order valence-corrected chi connectivity index (χ2v) is 5.86. The molecular formula is C16H22N4O3. The number of nitrogens with zero attached hydrogens (tertiary/aromatic N) is 3. The molecule has 124 valence electrons. The summed E-state index contributed by atoms with van der Waals surface area (Å²) in [5.74, 6) is -0.779. The third-order valence-electron chi connectivity index (χ3n) is 3.84. The van der Waals surface area contributed by atoms with E-state index < -0.39 is 11.9 Å².